The van der Waals surface area contributed by atoms with E-state index < -0.39 is 11.7 Å². The molecule has 2 aliphatic rings. The summed E-state index contributed by atoms with van der Waals surface area (Å²) in [5.41, 5.74) is 0.957. The molecule has 2 atom stereocenters. The van der Waals surface area contributed by atoms with Gasteiger partial charge in [-0.1, -0.05) is 6.07 Å². The number of aromatic nitrogens is 3. The van der Waals surface area contributed by atoms with E-state index in [0.717, 1.165) is 18.9 Å². The number of halogens is 3. The Kier molecular flexibility index (Phi) is 6.61. The summed E-state index contributed by atoms with van der Waals surface area (Å²) < 4.78 is 45.3. The van der Waals surface area contributed by atoms with E-state index >= 15 is 0 Å². The van der Waals surface area contributed by atoms with Gasteiger partial charge in [0.05, 0.1) is 12.7 Å². The Balaban J connectivity index is 1.21. The Morgan fingerprint density at radius 3 is 2.38 bits per heavy atom. The van der Waals surface area contributed by atoms with Crippen molar-refractivity contribution in [2.24, 2.45) is 11.8 Å². The highest BCUT2D eigenvalue weighted by Gasteiger charge is 2.38. The Morgan fingerprint density at radius 2 is 1.70 bits per heavy atom. The Morgan fingerprint density at radius 1 is 1.00 bits per heavy atom. The predicted molar refractivity (Wildman–Crippen MR) is 130 cm³/mol. The first-order valence-electron chi connectivity index (χ1n) is 12.0. The number of ether oxygens (including phenoxy) is 1. The Labute approximate surface area is 211 Å². The van der Waals surface area contributed by atoms with E-state index in [1.54, 1.807) is 23.1 Å². The molecule has 0 spiro atoms. The molecule has 3 aromatic rings. The number of alkyl halides is 3. The first-order chi connectivity index (χ1) is 17.7. The lowest BCUT2D eigenvalue weighted by Crippen LogP contribution is -2.33. The van der Waals surface area contributed by atoms with E-state index in [0.29, 0.717) is 42.8 Å². The highest BCUT2D eigenvalue weighted by Crippen LogP contribution is 2.35. The van der Waals surface area contributed by atoms with E-state index in [2.05, 4.69) is 15.4 Å². The second-order valence-corrected chi connectivity index (χ2v) is 9.44. The number of methoxy groups -OCH3 is 1. The van der Waals surface area contributed by atoms with Gasteiger partial charge in [0, 0.05) is 37.8 Å². The summed E-state index contributed by atoms with van der Waals surface area (Å²) in [6.07, 6.45) is -0.697. The van der Waals surface area contributed by atoms with Crippen LogP contribution in [0.25, 0.3) is 17.1 Å². The van der Waals surface area contributed by atoms with Crippen molar-refractivity contribution in [3.05, 3.63) is 59.2 Å². The van der Waals surface area contributed by atoms with Gasteiger partial charge in [-0.15, -0.1) is 0 Å². The van der Waals surface area contributed by atoms with Gasteiger partial charge in [-0.2, -0.15) is 28.6 Å². The molecule has 11 heteroatoms. The number of rotatable bonds is 4. The molecule has 2 unspecified atom stereocenters. The van der Waals surface area contributed by atoms with Gasteiger partial charge in [-0.05, 0) is 66.6 Å². The predicted octanol–water partition coefficient (Wildman–Crippen LogP) is 4.01. The van der Waals surface area contributed by atoms with E-state index in [1.165, 1.54) is 31.4 Å². The maximum atomic E-state index is 13.5. The fourth-order valence-corrected chi connectivity index (χ4v) is 5.21. The van der Waals surface area contributed by atoms with Crippen molar-refractivity contribution < 1.29 is 27.5 Å². The summed E-state index contributed by atoms with van der Waals surface area (Å²) in [4.78, 5) is 29.4. The highest BCUT2D eigenvalue weighted by atomic mass is 19.4. The Bertz CT molecular complexity index is 1340. The van der Waals surface area contributed by atoms with Crippen molar-refractivity contribution in [3.8, 4) is 5.75 Å². The molecule has 3 heterocycles. The van der Waals surface area contributed by atoms with E-state index in [4.69, 9.17) is 4.74 Å². The molecule has 5 rings (SSSR count). The largest absolute Gasteiger partial charge is 0.497 e. The van der Waals surface area contributed by atoms with Gasteiger partial charge in [0.25, 0.3) is 5.91 Å². The van der Waals surface area contributed by atoms with Crippen LogP contribution in [0.3, 0.4) is 0 Å². The SMILES string of the molecule is COc1ccc(/C=C/C(=O)N2CCC3CN(C(=O)c4ccc5n[nH]nc5c4)CC3CC2)c(C(F)(F)F)c1. The molecule has 0 radical (unpaired) electrons. The minimum atomic E-state index is -4.57. The summed E-state index contributed by atoms with van der Waals surface area (Å²) in [5, 5.41) is 10.6. The number of nitrogens with one attached hydrogen (secondary N) is 1. The zero-order chi connectivity index (χ0) is 26.2. The van der Waals surface area contributed by atoms with Crippen LogP contribution in [0, 0.1) is 11.8 Å². The number of hydrogen-bond donors (Lipinski definition) is 1. The molecule has 2 aliphatic heterocycles. The third-order valence-corrected chi connectivity index (χ3v) is 7.25. The molecule has 2 saturated heterocycles. The highest BCUT2D eigenvalue weighted by molar-refractivity contribution is 5.97. The van der Waals surface area contributed by atoms with Gasteiger partial charge in [0.2, 0.25) is 5.91 Å². The molecule has 0 bridgehead atoms. The fourth-order valence-electron chi connectivity index (χ4n) is 5.21. The molecule has 1 aromatic heterocycles. The summed E-state index contributed by atoms with van der Waals surface area (Å²) in [6, 6.07) is 8.90. The minimum absolute atomic E-state index is 0.0474. The zero-order valence-electron chi connectivity index (χ0n) is 20.2. The van der Waals surface area contributed by atoms with Crippen LogP contribution in [0.5, 0.6) is 5.75 Å². The molecular formula is C26H26F3N5O3. The number of nitrogens with zero attached hydrogens (tertiary/aromatic N) is 4. The van der Waals surface area contributed by atoms with E-state index in [-0.39, 0.29) is 35.0 Å². The van der Waals surface area contributed by atoms with Crippen LogP contribution in [-0.2, 0) is 11.0 Å². The summed E-state index contributed by atoms with van der Waals surface area (Å²) >= 11 is 0. The third kappa shape index (κ3) is 5.16. The van der Waals surface area contributed by atoms with Crippen LogP contribution in [0.4, 0.5) is 13.2 Å². The number of aromatic amines is 1. The van der Waals surface area contributed by atoms with Gasteiger partial charge in [0.1, 0.15) is 16.8 Å². The maximum absolute atomic E-state index is 13.5. The minimum Gasteiger partial charge on any atom is -0.497 e. The first-order valence-corrected chi connectivity index (χ1v) is 12.0. The van der Waals surface area contributed by atoms with Crippen LogP contribution in [-0.4, -0.2) is 70.3 Å². The monoisotopic (exact) mass is 513 g/mol. The molecule has 0 aliphatic carbocycles. The second-order valence-electron chi connectivity index (χ2n) is 9.44. The summed E-state index contributed by atoms with van der Waals surface area (Å²) in [6.45, 7) is 2.20. The number of fused-ring (bicyclic) bond motifs is 2. The van der Waals surface area contributed by atoms with Crippen molar-refractivity contribution in [2.45, 2.75) is 19.0 Å². The number of H-pyrrole nitrogens is 1. The number of amides is 2. The van der Waals surface area contributed by atoms with Gasteiger partial charge in [0.15, 0.2) is 0 Å². The van der Waals surface area contributed by atoms with Crippen LogP contribution in [0.1, 0.15) is 34.3 Å². The molecule has 8 nitrogen and oxygen atoms in total. The molecular weight excluding hydrogens is 487 g/mol. The molecule has 194 valence electrons. The van der Waals surface area contributed by atoms with Gasteiger partial charge in [-0.3, -0.25) is 9.59 Å². The Hall–Kier alpha value is -3.89. The zero-order valence-corrected chi connectivity index (χ0v) is 20.2. The first kappa shape index (κ1) is 24.8. The average molecular weight is 514 g/mol. The fraction of sp³-hybridized carbons (Fsp3) is 0.385. The van der Waals surface area contributed by atoms with Crippen LogP contribution in [0.15, 0.2) is 42.5 Å². The lowest BCUT2D eigenvalue weighted by atomic mass is 9.92. The number of carbonyl (C=O) groups excluding carboxylic acids is 2. The van der Waals surface area contributed by atoms with Crippen molar-refractivity contribution >= 4 is 28.9 Å². The lowest BCUT2D eigenvalue weighted by Gasteiger charge is -2.21. The van der Waals surface area contributed by atoms with E-state index in [1.807, 2.05) is 4.90 Å². The molecule has 37 heavy (non-hydrogen) atoms. The molecule has 0 saturated carbocycles. The number of likely N-dealkylation sites (tertiary alicyclic amines) is 2. The second kappa shape index (κ2) is 9.87. The average Bonchev–Trinajstić information content (AvgIpc) is 3.48. The number of hydrogen-bond acceptors (Lipinski definition) is 5. The van der Waals surface area contributed by atoms with Crippen molar-refractivity contribution in [1.29, 1.82) is 0 Å². The van der Waals surface area contributed by atoms with Crippen LogP contribution < -0.4 is 4.74 Å². The lowest BCUT2D eigenvalue weighted by molar-refractivity contribution is -0.137. The summed E-state index contributed by atoms with van der Waals surface area (Å²) in [7, 11) is 1.30. The number of carbonyl (C=O) groups is 2. The normalized spacial score (nSPS) is 20.3. The summed E-state index contributed by atoms with van der Waals surface area (Å²) in [5.74, 6) is 0.257. The maximum Gasteiger partial charge on any atom is 0.417 e. The third-order valence-electron chi connectivity index (χ3n) is 7.25. The topological polar surface area (TPSA) is 91.4 Å². The van der Waals surface area contributed by atoms with Gasteiger partial charge >= 0.3 is 6.18 Å². The molecule has 2 aromatic carbocycles. The van der Waals surface area contributed by atoms with Crippen molar-refractivity contribution in [3.63, 3.8) is 0 Å². The van der Waals surface area contributed by atoms with Gasteiger partial charge in [-0.25, -0.2) is 0 Å². The van der Waals surface area contributed by atoms with Crippen LogP contribution >= 0.6 is 0 Å². The standard InChI is InChI=1S/C26H26F3N5O3/c1-37-20-5-2-16(21(13-20)26(27,28)29)4-7-24(35)33-10-8-18-14-34(15-19(18)9-11-33)25(36)17-3-6-22-23(12-17)31-32-30-22/h2-7,12-13,18-19H,8-11,14-15H2,1H3,(H,30,31,32)/b7-4+. The van der Waals surface area contributed by atoms with Crippen molar-refractivity contribution in [1.82, 2.24) is 25.2 Å². The van der Waals surface area contributed by atoms with Crippen LogP contribution in [0.2, 0.25) is 0 Å². The molecule has 2 amide bonds. The van der Waals surface area contributed by atoms with Gasteiger partial charge < -0.3 is 14.5 Å². The molecule has 2 fully saturated rings. The van der Waals surface area contributed by atoms with Crippen molar-refractivity contribution in [2.75, 3.05) is 33.3 Å². The smallest absolute Gasteiger partial charge is 0.417 e. The number of benzene rings is 2. The van der Waals surface area contributed by atoms with E-state index in [9.17, 15) is 22.8 Å². The molecule has 1 N–H and O–H groups in total. The quantitative estimate of drug-likeness (QED) is 0.533.